The van der Waals surface area contributed by atoms with Crippen molar-refractivity contribution in [2.45, 2.75) is 0 Å². The maximum atomic E-state index is 9.59. The molecule has 0 saturated carbocycles. The number of phenolic OH excluding ortho intramolecular Hbond substituents is 6. The van der Waals surface area contributed by atoms with Crippen LogP contribution in [0.5, 0.6) is 34.5 Å². The van der Waals surface area contributed by atoms with Crippen molar-refractivity contribution in [2.24, 2.45) is 0 Å². The van der Waals surface area contributed by atoms with Crippen LogP contribution in [0.3, 0.4) is 0 Å². The van der Waals surface area contributed by atoms with Gasteiger partial charge in [0, 0.05) is 0 Å². The van der Waals surface area contributed by atoms with E-state index in [1.165, 1.54) is 12.1 Å². The maximum absolute atomic E-state index is 9.59. The molecule has 2 aromatic carbocycles. The van der Waals surface area contributed by atoms with E-state index >= 15 is 0 Å². The first kappa shape index (κ1) is 12.5. The van der Waals surface area contributed by atoms with E-state index in [1.54, 1.807) is 0 Å². The van der Waals surface area contributed by atoms with E-state index in [-0.39, 0.29) is 11.4 Å². The van der Waals surface area contributed by atoms with Gasteiger partial charge in [0.2, 0.25) is 11.5 Å². The van der Waals surface area contributed by atoms with Crippen LogP contribution in [0.1, 0.15) is 0 Å². The Morgan fingerprint density at radius 2 is 0.895 bits per heavy atom. The number of phenols is 6. The first-order valence-electron chi connectivity index (χ1n) is 5.16. The first-order chi connectivity index (χ1) is 8.91. The van der Waals surface area contributed by atoms with E-state index in [2.05, 4.69) is 5.32 Å². The summed E-state index contributed by atoms with van der Waals surface area (Å²) >= 11 is 0. The summed E-state index contributed by atoms with van der Waals surface area (Å²) < 4.78 is 0. The van der Waals surface area contributed by atoms with E-state index < -0.39 is 34.5 Å². The molecule has 0 saturated heterocycles. The Bertz CT molecular complexity index is 585. The lowest BCUT2D eigenvalue weighted by Crippen LogP contribution is -1.92. The Balaban J connectivity index is 2.43. The van der Waals surface area contributed by atoms with Crippen molar-refractivity contribution in [1.82, 2.24) is 0 Å². The van der Waals surface area contributed by atoms with Crippen LogP contribution in [0.2, 0.25) is 0 Å². The minimum atomic E-state index is -0.715. The normalized spacial score (nSPS) is 10.3. The Hall–Kier alpha value is -2.96. The maximum Gasteiger partial charge on any atom is 0.202 e. The van der Waals surface area contributed by atoms with Crippen LogP contribution >= 0.6 is 0 Å². The molecule has 0 heterocycles. The Labute approximate surface area is 107 Å². The second kappa shape index (κ2) is 4.37. The molecule has 0 fully saturated rings. The third-order valence-electron chi connectivity index (χ3n) is 2.53. The van der Waals surface area contributed by atoms with Crippen LogP contribution in [-0.2, 0) is 0 Å². The summed E-state index contributed by atoms with van der Waals surface area (Å²) in [6, 6.07) is 4.78. The Morgan fingerprint density at radius 3 is 1.26 bits per heavy atom. The van der Waals surface area contributed by atoms with E-state index in [1.807, 2.05) is 0 Å². The molecule has 7 N–H and O–H groups in total. The van der Waals surface area contributed by atoms with Crippen LogP contribution in [-0.4, -0.2) is 30.6 Å². The molecule has 0 aliphatic rings. The van der Waals surface area contributed by atoms with Crippen LogP contribution in [0.25, 0.3) is 0 Å². The predicted molar refractivity (Wildman–Crippen MR) is 66.2 cm³/mol. The van der Waals surface area contributed by atoms with Crippen molar-refractivity contribution in [3.8, 4) is 34.5 Å². The highest BCUT2D eigenvalue weighted by atomic mass is 16.3. The number of aromatic hydroxyl groups is 6. The predicted octanol–water partition coefficient (Wildman–Crippen LogP) is 1.66. The zero-order valence-corrected chi connectivity index (χ0v) is 9.49. The number of nitrogens with one attached hydrogen (secondary N) is 1. The molecule has 0 aromatic heterocycles. The first-order valence-corrected chi connectivity index (χ1v) is 5.16. The van der Waals surface area contributed by atoms with E-state index in [0.29, 0.717) is 0 Å². The van der Waals surface area contributed by atoms with Crippen molar-refractivity contribution >= 4 is 11.4 Å². The van der Waals surface area contributed by atoms with E-state index in [9.17, 15) is 20.4 Å². The third kappa shape index (κ3) is 2.08. The Kier molecular flexibility index (Phi) is 2.88. The molecule has 0 atom stereocenters. The van der Waals surface area contributed by atoms with E-state index in [4.69, 9.17) is 10.2 Å². The molecular weight excluding hydrogens is 254 g/mol. The average Bonchev–Trinajstić information content (AvgIpc) is 2.39. The molecule has 2 rings (SSSR count). The molecule has 19 heavy (non-hydrogen) atoms. The third-order valence-corrected chi connectivity index (χ3v) is 2.53. The molecule has 7 nitrogen and oxygen atoms in total. The quantitative estimate of drug-likeness (QED) is 0.324. The highest BCUT2D eigenvalue weighted by molar-refractivity contribution is 5.77. The van der Waals surface area contributed by atoms with Gasteiger partial charge in [-0.3, -0.25) is 0 Å². The van der Waals surface area contributed by atoms with Gasteiger partial charge >= 0.3 is 0 Å². The zero-order valence-electron chi connectivity index (χ0n) is 9.49. The fourth-order valence-electron chi connectivity index (χ4n) is 1.48. The largest absolute Gasteiger partial charge is 0.504 e. The average molecular weight is 265 g/mol. The van der Waals surface area contributed by atoms with Crippen molar-refractivity contribution in [2.75, 3.05) is 5.32 Å². The number of hydrogen-bond acceptors (Lipinski definition) is 7. The summed E-state index contributed by atoms with van der Waals surface area (Å²) in [4.78, 5) is 0. The van der Waals surface area contributed by atoms with Crippen LogP contribution in [0.4, 0.5) is 11.4 Å². The lowest BCUT2D eigenvalue weighted by atomic mass is 10.2. The summed E-state index contributed by atoms with van der Waals surface area (Å²) in [5, 5.41) is 58.7. The molecular formula is C12H11NO6. The topological polar surface area (TPSA) is 133 Å². The Morgan fingerprint density at radius 1 is 0.526 bits per heavy atom. The fraction of sp³-hybridized carbons (Fsp3) is 0. The van der Waals surface area contributed by atoms with Gasteiger partial charge in [-0.1, -0.05) is 0 Å². The molecule has 0 aliphatic carbocycles. The molecule has 0 aliphatic heterocycles. The van der Waals surface area contributed by atoms with Crippen molar-refractivity contribution in [3.05, 3.63) is 24.3 Å². The summed E-state index contributed by atoms with van der Waals surface area (Å²) in [6.45, 7) is 0. The molecule has 0 unspecified atom stereocenters. The van der Waals surface area contributed by atoms with Gasteiger partial charge in [0.05, 0.1) is 11.4 Å². The van der Waals surface area contributed by atoms with Crippen molar-refractivity contribution in [1.29, 1.82) is 0 Å². The van der Waals surface area contributed by atoms with Gasteiger partial charge in [-0.25, -0.2) is 0 Å². The standard InChI is InChI=1S/C12H11NO6/c14-7-3-1-5(9(16)11(7)18)13-6-2-4-8(15)12(19)10(6)17/h1-4,13-19H. The van der Waals surface area contributed by atoms with Crippen molar-refractivity contribution in [3.63, 3.8) is 0 Å². The van der Waals surface area contributed by atoms with Crippen LogP contribution in [0.15, 0.2) is 24.3 Å². The SMILES string of the molecule is Oc1ccc(Nc2ccc(O)c(O)c2O)c(O)c1O. The molecule has 0 bridgehead atoms. The van der Waals surface area contributed by atoms with Gasteiger partial charge in [0.15, 0.2) is 23.0 Å². The van der Waals surface area contributed by atoms with E-state index in [0.717, 1.165) is 12.1 Å². The fourth-order valence-corrected chi connectivity index (χ4v) is 1.48. The lowest BCUT2D eigenvalue weighted by molar-refractivity contribution is 0.368. The summed E-state index contributed by atoms with van der Waals surface area (Å²) in [7, 11) is 0. The second-order valence-electron chi connectivity index (χ2n) is 3.78. The molecule has 2 aromatic rings. The van der Waals surface area contributed by atoms with Gasteiger partial charge in [-0.15, -0.1) is 0 Å². The van der Waals surface area contributed by atoms with Crippen LogP contribution in [0, 0.1) is 0 Å². The number of benzene rings is 2. The van der Waals surface area contributed by atoms with Gasteiger partial charge < -0.3 is 36.0 Å². The van der Waals surface area contributed by atoms with Gasteiger partial charge in [0.25, 0.3) is 0 Å². The monoisotopic (exact) mass is 265 g/mol. The molecule has 100 valence electrons. The summed E-state index contributed by atoms with van der Waals surface area (Å²) in [6.07, 6.45) is 0. The van der Waals surface area contributed by atoms with Gasteiger partial charge in [-0.05, 0) is 24.3 Å². The van der Waals surface area contributed by atoms with Gasteiger partial charge in [0.1, 0.15) is 0 Å². The zero-order chi connectivity index (χ0) is 14.2. The summed E-state index contributed by atoms with van der Waals surface area (Å²) in [5.41, 5.74) is -0.00798. The molecule has 0 amide bonds. The van der Waals surface area contributed by atoms with Crippen LogP contribution < -0.4 is 5.32 Å². The molecule has 7 heteroatoms. The van der Waals surface area contributed by atoms with Crippen molar-refractivity contribution < 1.29 is 30.6 Å². The summed E-state index contributed by atoms with van der Waals surface area (Å²) in [5.74, 6) is -3.67. The lowest BCUT2D eigenvalue weighted by Gasteiger charge is -2.12. The highest BCUT2D eigenvalue weighted by Gasteiger charge is 2.15. The minimum Gasteiger partial charge on any atom is -0.504 e. The molecule has 0 radical (unpaired) electrons. The highest BCUT2D eigenvalue weighted by Crippen LogP contribution is 2.45. The smallest absolute Gasteiger partial charge is 0.202 e. The number of anilines is 2. The minimum absolute atomic E-state index is 0.00399. The second-order valence-corrected chi connectivity index (χ2v) is 3.78. The number of rotatable bonds is 2. The number of hydrogen-bond donors (Lipinski definition) is 7. The van der Waals surface area contributed by atoms with Gasteiger partial charge in [-0.2, -0.15) is 0 Å². The molecule has 0 spiro atoms.